The Morgan fingerprint density at radius 3 is 2.88 bits per heavy atom. The molecule has 0 aliphatic rings. The van der Waals surface area contributed by atoms with E-state index in [1.54, 1.807) is 36.1 Å². The van der Waals surface area contributed by atoms with E-state index in [2.05, 4.69) is 11.2 Å². The van der Waals surface area contributed by atoms with Crippen LogP contribution in [0.4, 0.5) is 5.69 Å². The molecule has 0 saturated heterocycles. The Kier molecular flexibility index (Phi) is 2.55. The van der Waals surface area contributed by atoms with E-state index in [9.17, 15) is 0 Å². The van der Waals surface area contributed by atoms with Crippen LogP contribution in [-0.2, 0) is 7.05 Å². The molecule has 2 N–H and O–H groups in total. The molecular weight excluding hydrogens is 224 g/mol. The first-order valence-electron chi connectivity index (χ1n) is 4.61. The largest absolute Gasteiger partial charge is 0.398 e. The summed E-state index contributed by atoms with van der Waals surface area (Å²) in [4.78, 5) is 0. The molecule has 0 bridgehead atoms. The fourth-order valence-electron chi connectivity index (χ4n) is 1.52. The van der Waals surface area contributed by atoms with Crippen LogP contribution >= 0.6 is 11.6 Å². The van der Waals surface area contributed by atoms with Crippen LogP contribution in [0, 0.1) is 11.3 Å². The number of halogens is 1. The zero-order chi connectivity index (χ0) is 11.7. The first-order valence-corrected chi connectivity index (χ1v) is 4.98. The van der Waals surface area contributed by atoms with Gasteiger partial charge in [0.25, 0.3) is 0 Å². The van der Waals surface area contributed by atoms with Crippen molar-refractivity contribution in [1.29, 1.82) is 5.26 Å². The second kappa shape index (κ2) is 3.87. The van der Waals surface area contributed by atoms with Crippen LogP contribution in [0.25, 0.3) is 11.3 Å². The van der Waals surface area contributed by atoms with E-state index >= 15 is 0 Å². The summed E-state index contributed by atoms with van der Waals surface area (Å²) in [7, 11) is 1.76. The number of aromatic nitrogens is 2. The van der Waals surface area contributed by atoms with Crippen LogP contribution in [0.1, 0.15) is 5.56 Å². The molecule has 2 rings (SSSR count). The number of anilines is 1. The van der Waals surface area contributed by atoms with Gasteiger partial charge >= 0.3 is 0 Å². The maximum absolute atomic E-state index is 8.97. The number of hydrogen-bond acceptors (Lipinski definition) is 3. The summed E-state index contributed by atoms with van der Waals surface area (Å²) < 4.78 is 1.59. The highest BCUT2D eigenvalue weighted by molar-refractivity contribution is 6.31. The lowest BCUT2D eigenvalue weighted by Gasteiger charge is -2.03. The highest BCUT2D eigenvalue weighted by Gasteiger charge is 2.12. The molecule has 0 fully saturated rings. The number of nitrogens with two attached hydrogens (primary N) is 1. The lowest BCUT2D eigenvalue weighted by atomic mass is 10.1. The third-order valence-corrected chi connectivity index (χ3v) is 2.45. The molecule has 16 heavy (non-hydrogen) atoms. The van der Waals surface area contributed by atoms with Crippen LogP contribution in [-0.4, -0.2) is 9.78 Å². The van der Waals surface area contributed by atoms with Crippen molar-refractivity contribution in [3.63, 3.8) is 0 Å². The topological polar surface area (TPSA) is 67.6 Å². The van der Waals surface area contributed by atoms with Gasteiger partial charge in [-0.2, -0.15) is 10.4 Å². The molecule has 0 atom stereocenters. The van der Waals surface area contributed by atoms with E-state index < -0.39 is 0 Å². The third-order valence-electron chi connectivity index (χ3n) is 2.22. The number of aryl methyl sites for hydroxylation is 1. The predicted molar refractivity (Wildman–Crippen MR) is 62.8 cm³/mol. The summed E-state index contributed by atoms with van der Waals surface area (Å²) in [5.41, 5.74) is 8.16. The highest BCUT2D eigenvalue weighted by Crippen LogP contribution is 2.29. The van der Waals surface area contributed by atoms with Gasteiger partial charge in [-0.25, -0.2) is 0 Å². The fourth-order valence-corrected chi connectivity index (χ4v) is 1.70. The van der Waals surface area contributed by atoms with E-state index in [0.29, 0.717) is 22.0 Å². The molecule has 0 saturated carbocycles. The first kappa shape index (κ1) is 10.5. The summed E-state index contributed by atoms with van der Waals surface area (Å²) in [6, 6.07) is 7.22. The first-order chi connectivity index (χ1) is 7.61. The average Bonchev–Trinajstić information content (AvgIpc) is 2.59. The van der Waals surface area contributed by atoms with Crippen molar-refractivity contribution in [1.82, 2.24) is 9.78 Å². The molecule has 0 spiro atoms. The Morgan fingerprint density at radius 2 is 2.25 bits per heavy atom. The van der Waals surface area contributed by atoms with Crippen LogP contribution in [0.3, 0.4) is 0 Å². The molecule has 80 valence electrons. The summed E-state index contributed by atoms with van der Waals surface area (Å²) in [6.07, 6.45) is 1.66. The standard InChI is InChI=1S/C11H9ClN4/c1-16-6-7(5-13)11(15-16)9-3-2-8(12)4-10(9)14/h2-4,6H,14H2,1H3. The third kappa shape index (κ3) is 1.73. The maximum Gasteiger partial charge on any atom is 0.112 e. The number of nitrogen functional groups attached to an aromatic ring is 1. The van der Waals surface area contributed by atoms with Crippen LogP contribution in [0.5, 0.6) is 0 Å². The lowest BCUT2D eigenvalue weighted by molar-refractivity contribution is 0.771. The van der Waals surface area contributed by atoms with Gasteiger partial charge in [-0.1, -0.05) is 11.6 Å². The molecule has 0 aliphatic heterocycles. The summed E-state index contributed by atoms with van der Waals surface area (Å²) >= 11 is 5.81. The van der Waals surface area contributed by atoms with Crippen molar-refractivity contribution in [3.8, 4) is 17.3 Å². The van der Waals surface area contributed by atoms with Gasteiger partial charge in [-0.15, -0.1) is 0 Å². The summed E-state index contributed by atoms with van der Waals surface area (Å²) in [5.74, 6) is 0. The van der Waals surface area contributed by atoms with Crippen molar-refractivity contribution in [2.45, 2.75) is 0 Å². The van der Waals surface area contributed by atoms with Crippen molar-refractivity contribution >= 4 is 17.3 Å². The fraction of sp³-hybridized carbons (Fsp3) is 0.0909. The van der Waals surface area contributed by atoms with Gasteiger partial charge in [0.05, 0.1) is 5.56 Å². The van der Waals surface area contributed by atoms with E-state index in [1.165, 1.54) is 0 Å². The predicted octanol–water partition coefficient (Wildman–Crippen LogP) is 2.19. The Balaban J connectivity index is 2.63. The average molecular weight is 233 g/mol. The summed E-state index contributed by atoms with van der Waals surface area (Å²) in [5, 5.41) is 13.7. The van der Waals surface area contributed by atoms with E-state index in [4.69, 9.17) is 22.6 Å². The zero-order valence-corrected chi connectivity index (χ0v) is 9.36. The van der Waals surface area contributed by atoms with Crippen molar-refractivity contribution in [2.24, 2.45) is 7.05 Å². The van der Waals surface area contributed by atoms with Crippen LogP contribution in [0.2, 0.25) is 5.02 Å². The van der Waals surface area contributed by atoms with Crippen LogP contribution in [0.15, 0.2) is 24.4 Å². The summed E-state index contributed by atoms with van der Waals surface area (Å²) in [6.45, 7) is 0. The Morgan fingerprint density at radius 1 is 1.50 bits per heavy atom. The number of nitriles is 1. The van der Waals surface area contributed by atoms with Gasteiger partial charge in [-0.05, 0) is 18.2 Å². The SMILES string of the molecule is Cn1cc(C#N)c(-c2ccc(Cl)cc2N)n1. The molecule has 1 heterocycles. The minimum absolute atomic E-state index is 0.497. The Hall–Kier alpha value is -1.99. The van der Waals surface area contributed by atoms with Crippen molar-refractivity contribution in [2.75, 3.05) is 5.73 Å². The van der Waals surface area contributed by atoms with Gasteiger partial charge in [-0.3, -0.25) is 4.68 Å². The van der Waals surface area contributed by atoms with Crippen molar-refractivity contribution in [3.05, 3.63) is 35.0 Å². The molecule has 1 aromatic carbocycles. The smallest absolute Gasteiger partial charge is 0.112 e. The molecule has 4 nitrogen and oxygen atoms in total. The second-order valence-corrected chi connectivity index (χ2v) is 3.84. The molecule has 1 aromatic heterocycles. The number of benzene rings is 1. The van der Waals surface area contributed by atoms with Crippen LogP contribution < -0.4 is 5.73 Å². The maximum atomic E-state index is 8.97. The van der Waals surface area contributed by atoms with Crippen molar-refractivity contribution < 1.29 is 0 Å². The number of hydrogen-bond donors (Lipinski definition) is 1. The Labute approximate surface area is 97.9 Å². The second-order valence-electron chi connectivity index (χ2n) is 3.41. The van der Waals surface area contributed by atoms with Gasteiger partial charge in [0.2, 0.25) is 0 Å². The van der Waals surface area contributed by atoms with E-state index in [1.807, 2.05) is 0 Å². The molecular formula is C11H9ClN4. The highest BCUT2D eigenvalue weighted by atomic mass is 35.5. The number of rotatable bonds is 1. The molecule has 0 radical (unpaired) electrons. The molecule has 5 heteroatoms. The quantitative estimate of drug-likeness (QED) is 0.767. The Bertz CT molecular complexity index is 580. The van der Waals surface area contributed by atoms with Gasteiger partial charge in [0.1, 0.15) is 11.8 Å². The minimum Gasteiger partial charge on any atom is -0.398 e. The van der Waals surface area contributed by atoms with E-state index in [-0.39, 0.29) is 0 Å². The number of nitrogens with zero attached hydrogens (tertiary/aromatic N) is 3. The molecule has 0 aliphatic carbocycles. The molecule has 0 amide bonds. The minimum atomic E-state index is 0.497. The lowest BCUT2D eigenvalue weighted by Crippen LogP contribution is -1.93. The van der Waals surface area contributed by atoms with Gasteiger partial charge in [0, 0.05) is 29.5 Å². The van der Waals surface area contributed by atoms with Gasteiger partial charge < -0.3 is 5.73 Å². The monoisotopic (exact) mass is 232 g/mol. The molecule has 2 aromatic rings. The van der Waals surface area contributed by atoms with E-state index in [0.717, 1.165) is 5.56 Å². The zero-order valence-electron chi connectivity index (χ0n) is 8.61. The van der Waals surface area contributed by atoms with Gasteiger partial charge in [0.15, 0.2) is 0 Å². The molecule has 0 unspecified atom stereocenters. The normalized spacial score (nSPS) is 10.1.